The van der Waals surface area contributed by atoms with Gasteiger partial charge in [0, 0.05) is 19.6 Å². The first-order valence-corrected chi connectivity index (χ1v) is 8.46. The number of piperidine rings is 1. The second-order valence-corrected chi connectivity index (χ2v) is 7.63. The first-order valence-electron chi connectivity index (χ1n) is 6.96. The van der Waals surface area contributed by atoms with Crippen LogP contribution in [0.15, 0.2) is 0 Å². The molecule has 120 valence electrons. The Kier molecular flexibility index (Phi) is 6.27. The highest BCUT2D eigenvalue weighted by atomic mass is 32.2. The van der Waals surface area contributed by atoms with Crippen molar-refractivity contribution in [3.8, 4) is 0 Å². The van der Waals surface area contributed by atoms with Gasteiger partial charge in [-0.2, -0.15) is 13.2 Å². The molecule has 0 radical (unpaired) electrons. The fraction of sp³-hybridized carbons (Fsp3) is 1.00. The highest BCUT2D eigenvalue weighted by molar-refractivity contribution is 7.89. The third-order valence-electron chi connectivity index (χ3n) is 3.64. The minimum absolute atomic E-state index is 0.0371. The Bertz CT molecular complexity index is 390. The van der Waals surface area contributed by atoms with E-state index >= 15 is 0 Å². The number of halogens is 3. The van der Waals surface area contributed by atoms with Gasteiger partial charge < -0.3 is 5.32 Å². The van der Waals surface area contributed by atoms with E-state index in [1.807, 2.05) is 6.92 Å². The van der Waals surface area contributed by atoms with Crippen molar-refractivity contribution >= 4 is 10.0 Å². The number of hydrogen-bond donors (Lipinski definition) is 1. The molecule has 0 spiro atoms. The zero-order valence-corrected chi connectivity index (χ0v) is 12.7. The van der Waals surface area contributed by atoms with Gasteiger partial charge in [0.2, 0.25) is 10.0 Å². The summed E-state index contributed by atoms with van der Waals surface area (Å²) in [7, 11) is -3.51. The van der Waals surface area contributed by atoms with Crippen LogP contribution >= 0.6 is 0 Å². The number of rotatable bonds is 6. The Morgan fingerprint density at radius 3 is 2.30 bits per heavy atom. The average molecular weight is 316 g/mol. The van der Waals surface area contributed by atoms with E-state index in [4.69, 9.17) is 0 Å². The average Bonchev–Trinajstić information content (AvgIpc) is 2.38. The van der Waals surface area contributed by atoms with Gasteiger partial charge in [0.15, 0.2) is 0 Å². The SMILES string of the molecule is CCCNCC(C)S(=O)(=O)N1CCC(C(F)(F)F)CC1. The lowest BCUT2D eigenvalue weighted by Gasteiger charge is -2.33. The van der Waals surface area contributed by atoms with Crippen LogP contribution in [-0.2, 0) is 10.0 Å². The van der Waals surface area contributed by atoms with Gasteiger partial charge in [-0.3, -0.25) is 0 Å². The van der Waals surface area contributed by atoms with Crippen LogP contribution in [0.5, 0.6) is 0 Å². The van der Waals surface area contributed by atoms with E-state index in [0.29, 0.717) is 6.54 Å². The molecule has 1 aliphatic rings. The van der Waals surface area contributed by atoms with Crippen LogP contribution in [0.4, 0.5) is 13.2 Å². The Hall–Kier alpha value is -0.340. The van der Waals surface area contributed by atoms with Crippen molar-refractivity contribution in [1.29, 1.82) is 0 Å². The molecule has 1 fully saturated rings. The second kappa shape index (κ2) is 7.09. The van der Waals surface area contributed by atoms with Crippen molar-refractivity contribution in [2.75, 3.05) is 26.2 Å². The fourth-order valence-corrected chi connectivity index (χ4v) is 3.84. The summed E-state index contributed by atoms with van der Waals surface area (Å²) < 4.78 is 63.3. The molecule has 0 amide bonds. The van der Waals surface area contributed by atoms with Gasteiger partial charge in [-0.1, -0.05) is 6.92 Å². The van der Waals surface area contributed by atoms with Crippen molar-refractivity contribution < 1.29 is 21.6 Å². The molecule has 1 aliphatic heterocycles. The molecule has 0 aromatic carbocycles. The first-order chi connectivity index (χ1) is 9.19. The van der Waals surface area contributed by atoms with Crippen molar-refractivity contribution in [1.82, 2.24) is 9.62 Å². The number of hydrogen-bond acceptors (Lipinski definition) is 3. The summed E-state index contributed by atoms with van der Waals surface area (Å²) >= 11 is 0. The van der Waals surface area contributed by atoms with E-state index < -0.39 is 27.4 Å². The van der Waals surface area contributed by atoms with Gasteiger partial charge >= 0.3 is 6.18 Å². The molecule has 1 heterocycles. The summed E-state index contributed by atoms with van der Waals surface area (Å²) in [5.41, 5.74) is 0. The van der Waals surface area contributed by atoms with Crippen molar-refractivity contribution in [3.05, 3.63) is 0 Å². The van der Waals surface area contributed by atoms with Gasteiger partial charge in [0.05, 0.1) is 11.2 Å². The molecule has 0 aromatic heterocycles. The van der Waals surface area contributed by atoms with Crippen molar-refractivity contribution in [2.24, 2.45) is 5.92 Å². The highest BCUT2D eigenvalue weighted by Gasteiger charge is 2.43. The van der Waals surface area contributed by atoms with E-state index in [2.05, 4.69) is 5.32 Å². The highest BCUT2D eigenvalue weighted by Crippen LogP contribution is 2.35. The lowest BCUT2D eigenvalue weighted by atomic mass is 9.98. The first kappa shape index (κ1) is 17.7. The number of nitrogens with one attached hydrogen (secondary N) is 1. The molecular formula is C12H23F3N2O2S. The quantitative estimate of drug-likeness (QED) is 0.762. The number of sulfonamides is 1. The molecule has 1 atom stereocenters. The zero-order valence-electron chi connectivity index (χ0n) is 11.9. The van der Waals surface area contributed by atoms with E-state index in [1.165, 1.54) is 4.31 Å². The van der Waals surface area contributed by atoms with Crippen LogP contribution in [0, 0.1) is 5.92 Å². The van der Waals surface area contributed by atoms with Gasteiger partial charge in [0.1, 0.15) is 0 Å². The summed E-state index contributed by atoms with van der Waals surface area (Å²) in [5, 5.41) is 2.41. The molecule has 1 unspecified atom stereocenters. The summed E-state index contributed by atoms with van der Waals surface area (Å²) in [6.07, 6.45) is -3.59. The third-order valence-corrected chi connectivity index (χ3v) is 5.91. The van der Waals surface area contributed by atoms with Crippen LogP contribution in [0.3, 0.4) is 0 Å². The van der Waals surface area contributed by atoms with Gasteiger partial charge in [-0.15, -0.1) is 0 Å². The molecule has 1 rings (SSSR count). The maximum Gasteiger partial charge on any atom is 0.391 e. The van der Waals surface area contributed by atoms with Gasteiger partial charge in [0.25, 0.3) is 0 Å². The molecule has 4 nitrogen and oxygen atoms in total. The standard InChI is InChI=1S/C12H23F3N2O2S/c1-3-6-16-9-10(2)20(18,19)17-7-4-11(5-8-17)12(13,14)15/h10-11,16H,3-9H2,1-2H3. The number of alkyl halides is 3. The minimum atomic E-state index is -4.22. The van der Waals surface area contributed by atoms with E-state index in [0.717, 1.165) is 13.0 Å². The smallest absolute Gasteiger partial charge is 0.315 e. The molecule has 0 saturated carbocycles. The molecule has 0 aromatic rings. The molecule has 0 aliphatic carbocycles. The largest absolute Gasteiger partial charge is 0.391 e. The topological polar surface area (TPSA) is 49.4 Å². The maximum atomic E-state index is 12.6. The van der Waals surface area contributed by atoms with Crippen LogP contribution in [0.1, 0.15) is 33.1 Å². The van der Waals surface area contributed by atoms with E-state index in [1.54, 1.807) is 6.92 Å². The molecule has 1 saturated heterocycles. The van der Waals surface area contributed by atoms with Crippen LogP contribution < -0.4 is 5.32 Å². The van der Waals surface area contributed by atoms with Crippen LogP contribution in [-0.4, -0.2) is 50.3 Å². The van der Waals surface area contributed by atoms with Gasteiger partial charge in [-0.05, 0) is 32.7 Å². The lowest BCUT2D eigenvalue weighted by molar-refractivity contribution is -0.182. The number of nitrogens with zero attached hydrogens (tertiary/aromatic N) is 1. The fourth-order valence-electron chi connectivity index (χ4n) is 2.28. The van der Waals surface area contributed by atoms with Crippen LogP contribution in [0.25, 0.3) is 0 Å². The Labute approximate surface area is 118 Å². The zero-order chi connectivity index (χ0) is 15.4. The van der Waals surface area contributed by atoms with Crippen molar-refractivity contribution in [3.63, 3.8) is 0 Å². The maximum absolute atomic E-state index is 12.6. The monoisotopic (exact) mass is 316 g/mol. The van der Waals surface area contributed by atoms with Gasteiger partial charge in [-0.25, -0.2) is 12.7 Å². The molecular weight excluding hydrogens is 293 g/mol. The van der Waals surface area contributed by atoms with E-state index in [-0.39, 0.29) is 25.9 Å². The Balaban J connectivity index is 2.54. The molecule has 1 N–H and O–H groups in total. The lowest BCUT2D eigenvalue weighted by Crippen LogP contribution is -2.47. The molecule has 8 heteroatoms. The summed E-state index contributed by atoms with van der Waals surface area (Å²) in [6.45, 7) is 4.56. The third kappa shape index (κ3) is 4.60. The summed E-state index contributed by atoms with van der Waals surface area (Å²) in [6, 6.07) is 0. The Morgan fingerprint density at radius 1 is 1.30 bits per heavy atom. The normalized spacial score (nSPS) is 21.1. The predicted octanol–water partition coefficient (Wildman–Crippen LogP) is 1.98. The van der Waals surface area contributed by atoms with Crippen molar-refractivity contribution in [2.45, 2.75) is 44.5 Å². The Morgan fingerprint density at radius 2 is 1.85 bits per heavy atom. The minimum Gasteiger partial charge on any atom is -0.315 e. The molecule has 0 bridgehead atoms. The predicted molar refractivity (Wildman–Crippen MR) is 71.9 cm³/mol. The summed E-state index contributed by atoms with van der Waals surface area (Å²) in [5.74, 6) is -1.37. The summed E-state index contributed by atoms with van der Waals surface area (Å²) in [4.78, 5) is 0. The van der Waals surface area contributed by atoms with Crippen LogP contribution in [0.2, 0.25) is 0 Å². The molecule has 20 heavy (non-hydrogen) atoms. The van der Waals surface area contributed by atoms with E-state index in [9.17, 15) is 21.6 Å². The second-order valence-electron chi connectivity index (χ2n) is 5.27.